The molecule has 0 heterocycles. The van der Waals surface area contributed by atoms with Gasteiger partial charge >= 0.3 is 0 Å². The van der Waals surface area contributed by atoms with Gasteiger partial charge < -0.3 is 0 Å². The van der Waals surface area contributed by atoms with Crippen LogP contribution in [0.4, 0.5) is 0 Å². The zero-order valence-corrected chi connectivity index (χ0v) is 15.7. The van der Waals surface area contributed by atoms with Gasteiger partial charge in [0.15, 0.2) is 10.2 Å². The molecule has 0 aromatic carbocycles. The highest BCUT2D eigenvalue weighted by atomic mass is 32.2. The smallest absolute Gasteiger partial charge is 0.195 e. The van der Waals surface area contributed by atoms with Crippen LogP contribution < -0.4 is 0 Å². The van der Waals surface area contributed by atoms with Gasteiger partial charge in [0.05, 0.1) is 4.58 Å². The van der Waals surface area contributed by atoms with Crippen LogP contribution >= 0.6 is 23.5 Å². The van der Waals surface area contributed by atoms with E-state index in [0.717, 1.165) is 25.7 Å². The Morgan fingerprint density at radius 1 is 0.850 bits per heavy atom. The number of unbranched alkanes of at least 4 members (excludes halogenated alkanes) is 2. The maximum atomic E-state index is 12.2. The number of carbonyl (C=O) groups excluding carboxylic acids is 2. The fourth-order valence-electron chi connectivity index (χ4n) is 1.30. The van der Waals surface area contributed by atoms with Crippen molar-refractivity contribution in [3.8, 4) is 0 Å². The lowest BCUT2D eigenvalue weighted by molar-refractivity contribution is -0.117. The summed E-state index contributed by atoms with van der Waals surface area (Å²) in [4.78, 5) is 24.4. The van der Waals surface area contributed by atoms with Crippen molar-refractivity contribution in [2.24, 2.45) is 10.8 Å². The maximum absolute atomic E-state index is 12.2. The lowest BCUT2D eigenvalue weighted by atomic mass is 10.00. The van der Waals surface area contributed by atoms with E-state index in [4.69, 9.17) is 0 Å². The third kappa shape index (κ3) is 8.35. The van der Waals surface area contributed by atoms with E-state index in [0.29, 0.717) is 0 Å². The normalized spacial score (nSPS) is 12.8. The van der Waals surface area contributed by atoms with Crippen LogP contribution in [0.25, 0.3) is 0 Å². The molecule has 20 heavy (non-hydrogen) atoms. The van der Waals surface area contributed by atoms with Gasteiger partial charge in [0.2, 0.25) is 0 Å². The lowest BCUT2D eigenvalue weighted by Gasteiger charge is -2.23. The first-order valence-electron chi connectivity index (χ1n) is 7.40. The molecular weight excluding hydrogens is 288 g/mol. The molecule has 0 N–H and O–H groups in total. The third-order valence-electron chi connectivity index (χ3n) is 2.75. The number of carbonyl (C=O) groups is 2. The van der Waals surface area contributed by atoms with Crippen molar-refractivity contribution in [1.82, 2.24) is 0 Å². The number of hydrogen-bond acceptors (Lipinski definition) is 4. The molecule has 0 rings (SSSR count). The Bertz CT molecular complexity index is 296. The maximum Gasteiger partial charge on any atom is 0.195 e. The second-order valence-electron chi connectivity index (χ2n) is 7.24. The highest BCUT2D eigenvalue weighted by molar-refractivity contribution is 8.29. The highest BCUT2D eigenvalue weighted by Gasteiger charge is 2.30. The Hall–Kier alpha value is 0.0400. The average Bonchev–Trinajstić information content (AvgIpc) is 2.26. The molecule has 0 aliphatic heterocycles. The lowest BCUT2D eigenvalue weighted by Crippen LogP contribution is -2.22. The molecule has 0 bridgehead atoms. The summed E-state index contributed by atoms with van der Waals surface area (Å²) in [6.07, 6.45) is 4.32. The van der Waals surface area contributed by atoms with Gasteiger partial charge in [0, 0.05) is 10.8 Å². The molecule has 0 saturated heterocycles. The molecule has 2 nitrogen and oxygen atoms in total. The molecule has 0 aromatic heterocycles. The summed E-state index contributed by atoms with van der Waals surface area (Å²) < 4.78 is 0.0556. The fraction of sp³-hybridized carbons (Fsp3) is 0.875. The summed E-state index contributed by atoms with van der Waals surface area (Å²) in [5.41, 5.74) is -0.696. The van der Waals surface area contributed by atoms with Gasteiger partial charge in [-0.25, -0.2) is 0 Å². The molecule has 0 amide bonds. The first-order valence-corrected chi connectivity index (χ1v) is 9.16. The predicted octanol–water partition coefficient (Wildman–Crippen LogP) is 5.50. The Balaban J connectivity index is 4.65. The van der Waals surface area contributed by atoms with E-state index < -0.39 is 0 Å². The van der Waals surface area contributed by atoms with Crippen molar-refractivity contribution >= 4 is 33.8 Å². The summed E-state index contributed by atoms with van der Waals surface area (Å²) in [6, 6.07) is 0. The van der Waals surface area contributed by atoms with Crippen molar-refractivity contribution in [3.63, 3.8) is 0 Å². The van der Waals surface area contributed by atoms with Crippen molar-refractivity contribution in [2.75, 3.05) is 0 Å². The molecule has 4 heteroatoms. The Labute approximate surface area is 133 Å². The fourth-order valence-corrected chi connectivity index (χ4v) is 3.77. The zero-order chi connectivity index (χ0) is 16.0. The summed E-state index contributed by atoms with van der Waals surface area (Å²) >= 11 is 2.70. The minimum absolute atomic E-state index is 0.0556. The molecule has 0 fully saturated rings. The number of thioether (sulfide) groups is 2. The molecule has 0 saturated carbocycles. The topological polar surface area (TPSA) is 34.1 Å². The predicted molar refractivity (Wildman–Crippen MR) is 92.0 cm³/mol. The Morgan fingerprint density at radius 3 is 1.55 bits per heavy atom. The first-order chi connectivity index (χ1) is 8.98. The molecular formula is C16H30O2S2. The highest BCUT2D eigenvalue weighted by Crippen LogP contribution is 2.38. The molecule has 0 atom stereocenters. The van der Waals surface area contributed by atoms with Crippen LogP contribution in [0.5, 0.6) is 0 Å². The SMILES string of the molecule is CCCCCC(SC(=O)C(C)(C)C)SC(=O)C(C)(C)C. The molecule has 0 unspecified atom stereocenters. The minimum atomic E-state index is -0.348. The van der Waals surface area contributed by atoms with E-state index in [1.165, 1.54) is 23.5 Å². The largest absolute Gasteiger partial charge is 0.287 e. The van der Waals surface area contributed by atoms with E-state index in [1.54, 1.807) is 0 Å². The van der Waals surface area contributed by atoms with Crippen LogP contribution in [0.15, 0.2) is 0 Å². The van der Waals surface area contributed by atoms with Crippen LogP contribution in [0.2, 0.25) is 0 Å². The molecule has 0 radical (unpaired) electrons. The summed E-state index contributed by atoms with van der Waals surface area (Å²) in [7, 11) is 0. The quantitative estimate of drug-likeness (QED) is 0.478. The van der Waals surface area contributed by atoms with Crippen molar-refractivity contribution in [3.05, 3.63) is 0 Å². The molecule has 0 aromatic rings. The first kappa shape index (κ1) is 20.0. The van der Waals surface area contributed by atoms with Crippen molar-refractivity contribution < 1.29 is 9.59 Å². The number of hydrogen-bond donors (Lipinski definition) is 0. The van der Waals surface area contributed by atoms with E-state index in [2.05, 4.69) is 6.92 Å². The van der Waals surface area contributed by atoms with Crippen LogP contribution in [0, 0.1) is 10.8 Å². The standard InChI is InChI=1S/C16H30O2S2/c1-8-9-10-11-12(19-13(17)15(2,3)4)20-14(18)16(5,6)7/h12H,8-11H2,1-7H3. The van der Waals surface area contributed by atoms with E-state index in [9.17, 15) is 9.59 Å². The van der Waals surface area contributed by atoms with Gasteiger partial charge in [-0.05, 0) is 6.42 Å². The van der Waals surface area contributed by atoms with E-state index in [-0.39, 0.29) is 25.6 Å². The van der Waals surface area contributed by atoms with Gasteiger partial charge in [-0.15, -0.1) is 0 Å². The average molecular weight is 319 g/mol. The van der Waals surface area contributed by atoms with Gasteiger partial charge in [0.1, 0.15) is 0 Å². The molecule has 118 valence electrons. The van der Waals surface area contributed by atoms with Gasteiger partial charge in [0.25, 0.3) is 0 Å². The van der Waals surface area contributed by atoms with Gasteiger partial charge in [-0.3, -0.25) is 9.59 Å². The van der Waals surface area contributed by atoms with E-state index in [1.807, 2.05) is 41.5 Å². The van der Waals surface area contributed by atoms with Crippen LogP contribution in [0.1, 0.15) is 74.1 Å². The van der Waals surface area contributed by atoms with Crippen LogP contribution in [-0.4, -0.2) is 14.8 Å². The van der Waals surface area contributed by atoms with E-state index >= 15 is 0 Å². The second kappa shape index (κ2) is 8.47. The van der Waals surface area contributed by atoms with Crippen molar-refractivity contribution in [1.29, 1.82) is 0 Å². The summed E-state index contributed by atoms with van der Waals surface area (Å²) in [5.74, 6) is 0. The van der Waals surface area contributed by atoms with Crippen LogP contribution in [-0.2, 0) is 9.59 Å². The monoisotopic (exact) mass is 318 g/mol. The van der Waals surface area contributed by atoms with Crippen LogP contribution in [0.3, 0.4) is 0 Å². The Morgan fingerprint density at radius 2 is 1.25 bits per heavy atom. The van der Waals surface area contributed by atoms with Crippen molar-refractivity contribution in [2.45, 2.75) is 78.7 Å². The molecule has 0 aliphatic rings. The zero-order valence-electron chi connectivity index (χ0n) is 14.0. The third-order valence-corrected chi connectivity index (χ3v) is 5.97. The minimum Gasteiger partial charge on any atom is -0.287 e. The molecule has 0 aliphatic carbocycles. The molecule has 0 spiro atoms. The van der Waals surface area contributed by atoms with Gasteiger partial charge in [-0.1, -0.05) is 91.3 Å². The summed E-state index contributed by atoms with van der Waals surface area (Å²) in [5, 5.41) is 0.349. The van der Waals surface area contributed by atoms with Gasteiger partial charge in [-0.2, -0.15) is 0 Å². The Kier molecular flexibility index (Phi) is 8.49. The second-order valence-corrected chi connectivity index (χ2v) is 9.89. The number of rotatable bonds is 6. The summed E-state index contributed by atoms with van der Waals surface area (Å²) in [6.45, 7) is 13.8.